The largest absolute Gasteiger partial charge is 0.492 e. The SMILES string of the molecule is CCOC(=O)NCCNC(=O)NCCCOc1ccc(C(C)(C)C)cc1Br. The van der Waals surface area contributed by atoms with Gasteiger partial charge in [0.05, 0.1) is 17.7 Å². The van der Waals surface area contributed by atoms with E-state index in [-0.39, 0.29) is 11.4 Å². The minimum absolute atomic E-state index is 0.0875. The molecule has 0 aliphatic rings. The van der Waals surface area contributed by atoms with Gasteiger partial charge in [-0.3, -0.25) is 0 Å². The van der Waals surface area contributed by atoms with Gasteiger partial charge >= 0.3 is 12.1 Å². The van der Waals surface area contributed by atoms with Crippen molar-refractivity contribution in [2.45, 2.75) is 39.5 Å². The monoisotopic (exact) mass is 443 g/mol. The summed E-state index contributed by atoms with van der Waals surface area (Å²) in [5, 5.41) is 7.91. The smallest absolute Gasteiger partial charge is 0.407 e. The van der Waals surface area contributed by atoms with E-state index in [9.17, 15) is 9.59 Å². The van der Waals surface area contributed by atoms with Crippen molar-refractivity contribution in [3.8, 4) is 5.75 Å². The third kappa shape index (κ3) is 9.51. The number of alkyl carbamates (subject to hydrolysis) is 1. The number of hydrogen-bond donors (Lipinski definition) is 3. The van der Waals surface area contributed by atoms with Gasteiger partial charge in [-0.25, -0.2) is 9.59 Å². The first kappa shape index (κ1) is 23.1. The van der Waals surface area contributed by atoms with Crippen molar-refractivity contribution in [2.75, 3.05) is 32.8 Å². The Bertz CT molecular complexity index is 617. The highest BCUT2D eigenvalue weighted by Crippen LogP contribution is 2.31. The summed E-state index contributed by atoms with van der Waals surface area (Å²) in [6.07, 6.45) is 0.195. The van der Waals surface area contributed by atoms with Crippen LogP contribution < -0.4 is 20.7 Å². The summed E-state index contributed by atoms with van der Waals surface area (Å²) in [7, 11) is 0. The van der Waals surface area contributed by atoms with Gasteiger partial charge in [-0.05, 0) is 52.4 Å². The number of carbonyl (C=O) groups is 2. The molecule has 0 spiro atoms. The van der Waals surface area contributed by atoms with E-state index >= 15 is 0 Å². The van der Waals surface area contributed by atoms with Crippen LogP contribution >= 0.6 is 15.9 Å². The van der Waals surface area contributed by atoms with Crippen molar-refractivity contribution in [1.29, 1.82) is 0 Å². The molecule has 1 rings (SSSR count). The molecular weight excluding hydrogens is 414 g/mol. The van der Waals surface area contributed by atoms with Crippen molar-refractivity contribution >= 4 is 28.1 Å². The molecule has 1 aromatic carbocycles. The number of ether oxygens (including phenoxy) is 2. The summed E-state index contributed by atoms with van der Waals surface area (Å²) in [6, 6.07) is 5.82. The Labute approximate surface area is 169 Å². The molecule has 0 atom stereocenters. The average molecular weight is 444 g/mol. The number of benzene rings is 1. The Hall–Kier alpha value is -1.96. The van der Waals surface area contributed by atoms with Crippen molar-refractivity contribution in [1.82, 2.24) is 16.0 Å². The first-order valence-electron chi connectivity index (χ1n) is 9.09. The number of halogens is 1. The summed E-state index contributed by atoms with van der Waals surface area (Å²) in [4.78, 5) is 22.7. The highest BCUT2D eigenvalue weighted by molar-refractivity contribution is 9.10. The molecule has 3 amide bonds. The highest BCUT2D eigenvalue weighted by atomic mass is 79.9. The Morgan fingerprint density at radius 2 is 1.74 bits per heavy atom. The quantitative estimate of drug-likeness (QED) is 0.509. The summed E-state index contributed by atoms with van der Waals surface area (Å²) in [5.41, 5.74) is 1.32. The number of rotatable bonds is 9. The van der Waals surface area contributed by atoms with Crippen LogP contribution in [0.25, 0.3) is 0 Å². The second kappa shape index (κ2) is 11.7. The minimum atomic E-state index is -0.487. The summed E-state index contributed by atoms with van der Waals surface area (Å²) < 4.78 is 11.4. The summed E-state index contributed by atoms with van der Waals surface area (Å²) in [5.74, 6) is 0.789. The predicted molar refractivity (Wildman–Crippen MR) is 109 cm³/mol. The van der Waals surface area contributed by atoms with Gasteiger partial charge in [0.1, 0.15) is 5.75 Å². The van der Waals surface area contributed by atoms with Crippen molar-refractivity contribution in [3.05, 3.63) is 28.2 Å². The Balaban J connectivity index is 2.16. The van der Waals surface area contributed by atoms with Crippen molar-refractivity contribution in [3.63, 3.8) is 0 Å². The molecule has 0 saturated carbocycles. The minimum Gasteiger partial charge on any atom is -0.492 e. The van der Waals surface area contributed by atoms with Gasteiger partial charge in [-0.15, -0.1) is 0 Å². The van der Waals surface area contributed by atoms with E-state index in [4.69, 9.17) is 9.47 Å². The van der Waals surface area contributed by atoms with Gasteiger partial charge in [0.2, 0.25) is 0 Å². The van der Waals surface area contributed by atoms with Crippen LogP contribution in [0, 0.1) is 0 Å². The fourth-order valence-corrected chi connectivity index (χ4v) is 2.62. The second-order valence-corrected chi connectivity index (χ2v) is 7.78. The molecule has 0 saturated heterocycles. The maximum Gasteiger partial charge on any atom is 0.407 e. The van der Waals surface area contributed by atoms with Gasteiger partial charge < -0.3 is 25.4 Å². The number of hydrogen-bond acceptors (Lipinski definition) is 4. The number of amides is 3. The van der Waals surface area contributed by atoms with E-state index in [1.807, 2.05) is 6.07 Å². The van der Waals surface area contributed by atoms with Crippen LogP contribution in [0.15, 0.2) is 22.7 Å². The second-order valence-electron chi connectivity index (χ2n) is 6.93. The number of nitrogens with one attached hydrogen (secondary N) is 3. The zero-order valence-electron chi connectivity index (χ0n) is 16.5. The zero-order valence-corrected chi connectivity index (χ0v) is 18.1. The lowest BCUT2D eigenvalue weighted by Crippen LogP contribution is -2.40. The molecule has 3 N–H and O–H groups in total. The fourth-order valence-electron chi connectivity index (χ4n) is 2.13. The molecule has 8 heteroatoms. The molecule has 0 radical (unpaired) electrons. The molecule has 0 fully saturated rings. The molecular formula is C19H30BrN3O4. The van der Waals surface area contributed by atoms with Crippen LogP contribution in [0.3, 0.4) is 0 Å². The standard InChI is InChI=1S/C19H30BrN3O4/c1-5-26-18(25)23-11-10-22-17(24)21-9-6-12-27-16-8-7-14(13-15(16)20)19(2,3)4/h7-8,13H,5-6,9-12H2,1-4H3,(H,23,25)(H2,21,22,24). The van der Waals surface area contributed by atoms with Crippen LogP contribution in [0.5, 0.6) is 5.75 Å². The number of carbonyl (C=O) groups excluding carboxylic acids is 2. The fraction of sp³-hybridized carbons (Fsp3) is 0.579. The van der Waals surface area contributed by atoms with Crippen LogP contribution in [-0.2, 0) is 10.2 Å². The van der Waals surface area contributed by atoms with Gasteiger partial charge in [0, 0.05) is 19.6 Å². The van der Waals surface area contributed by atoms with Crippen LogP contribution in [0.1, 0.15) is 39.7 Å². The lowest BCUT2D eigenvalue weighted by Gasteiger charge is -2.20. The van der Waals surface area contributed by atoms with Crippen LogP contribution in [0.2, 0.25) is 0 Å². The first-order valence-corrected chi connectivity index (χ1v) is 9.88. The number of urea groups is 1. The molecule has 7 nitrogen and oxygen atoms in total. The molecule has 0 heterocycles. The Morgan fingerprint density at radius 1 is 1.07 bits per heavy atom. The van der Waals surface area contributed by atoms with Crippen LogP contribution in [-0.4, -0.2) is 45.0 Å². The Kier molecular flexibility index (Phi) is 9.99. The topological polar surface area (TPSA) is 88.7 Å². The average Bonchev–Trinajstić information content (AvgIpc) is 2.59. The van der Waals surface area contributed by atoms with E-state index in [2.05, 4.69) is 64.8 Å². The van der Waals surface area contributed by atoms with Gasteiger partial charge in [0.15, 0.2) is 0 Å². The van der Waals surface area contributed by atoms with E-state index in [0.29, 0.717) is 39.3 Å². The van der Waals surface area contributed by atoms with Crippen LogP contribution in [0.4, 0.5) is 9.59 Å². The van der Waals surface area contributed by atoms with E-state index in [1.54, 1.807) is 6.92 Å². The molecule has 27 heavy (non-hydrogen) atoms. The molecule has 152 valence electrons. The van der Waals surface area contributed by atoms with E-state index in [0.717, 1.165) is 10.2 Å². The molecule has 0 aliphatic heterocycles. The van der Waals surface area contributed by atoms with Gasteiger partial charge in [-0.2, -0.15) is 0 Å². The molecule has 0 unspecified atom stereocenters. The summed E-state index contributed by atoms with van der Waals surface area (Å²) >= 11 is 3.54. The third-order valence-electron chi connectivity index (χ3n) is 3.62. The normalized spacial score (nSPS) is 10.9. The molecule has 0 aromatic heterocycles. The zero-order chi connectivity index (χ0) is 20.3. The lowest BCUT2D eigenvalue weighted by molar-refractivity contribution is 0.152. The van der Waals surface area contributed by atoms with Gasteiger partial charge in [0.25, 0.3) is 0 Å². The predicted octanol–water partition coefficient (Wildman–Crippen LogP) is 3.56. The molecule has 0 bridgehead atoms. The maximum absolute atomic E-state index is 11.6. The lowest BCUT2D eigenvalue weighted by atomic mass is 9.87. The molecule has 1 aromatic rings. The maximum atomic E-state index is 11.6. The van der Waals surface area contributed by atoms with E-state index in [1.165, 1.54) is 5.56 Å². The summed E-state index contributed by atoms with van der Waals surface area (Å²) in [6.45, 7) is 10.2. The first-order chi connectivity index (χ1) is 12.7. The third-order valence-corrected chi connectivity index (χ3v) is 4.24. The van der Waals surface area contributed by atoms with Crippen molar-refractivity contribution in [2.24, 2.45) is 0 Å². The Morgan fingerprint density at radius 3 is 2.37 bits per heavy atom. The molecule has 0 aliphatic carbocycles. The highest BCUT2D eigenvalue weighted by Gasteiger charge is 2.15. The van der Waals surface area contributed by atoms with Gasteiger partial charge in [-0.1, -0.05) is 26.8 Å². The van der Waals surface area contributed by atoms with Crippen molar-refractivity contribution < 1.29 is 19.1 Å². The van der Waals surface area contributed by atoms with E-state index < -0.39 is 6.09 Å².